The number of nitrogens with zero attached hydrogens (tertiary/aromatic N) is 1. The summed E-state index contributed by atoms with van der Waals surface area (Å²) in [5, 5.41) is 3.24. The number of rotatable bonds is 8. The highest BCUT2D eigenvalue weighted by molar-refractivity contribution is 5.76. The lowest BCUT2D eigenvalue weighted by Crippen LogP contribution is -2.41. The van der Waals surface area contributed by atoms with E-state index in [1.807, 2.05) is 0 Å². The van der Waals surface area contributed by atoms with Crippen LogP contribution in [0, 0.1) is 5.92 Å². The van der Waals surface area contributed by atoms with Crippen LogP contribution in [0.15, 0.2) is 0 Å². The number of carbonyl (C=O) groups excluding carboxylic acids is 1. The molecule has 1 aliphatic carbocycles. The molecule has 0 atom stereocenters. The zero-order valence-corrected chi connectivity index (χ0v) is 12.4. The Bertz CT molecular complexity index is 235. The van der Waals surface area contributed by atoms with Crippen molar-refractivity contribution in [3.8, 4) is 0 Å². The lowest BCUT2D eigenvalue weighted by atomic mass is 10.1. The van der Waals surface area contributed by atoms with E-state index in [0.29, 0.717) is 24.3 Å². The van der Waals surface area contributed by atoms with Crippen LogP contribution in [-0.4, -0.2) is 36.5 Å². The Kier molecular flexibility index (Phi) is 7.33. The van der Waals surface area contributed by atoms with Crippen LogP contribution in [0.3, 0.4) is 0 Å². The molecule has 18 heavy (non-hydrogen) atoms. The van der Waals surface area contributed by atoms with Crippen LogP contribution < -0.4 is 5.32 Å². The SMILES string of the molecule is CCNCCC(=O)N(CCC(C)C)C1CCCC1. The molecule has 0 bridgehead atoms. The van der Waals surface area contributed by atoms with Crippen molar-refractivity contribution < 1.29 is 4.79 Å². The predicted octanol–water partition coefficient (Wildman–Crippen LogP) is 2.80. The minimum atomic E-state index is 0.350. The van der Waals surface area contributed by atoms with Crippen LogP contribution >= 0.6 is 0 Å². The predicted molar refractivity (Wildman–Crippen MR) is 76.6 cm³/mol. The van der Waals surface area contributed by atoms with Crippen LogP contribution in [0.5, 0.6) is 0 Å². The average Bonchev–Trinajstić information content (AvgIpc) is 2.83. The van der Waals surface area contributed by atoms with Gasteiger partial charge in [-0.1, -0.05) is 33.6 Å². The topological polar surface area (TPSA) is 32.3 Å². The second kappa shape index (κ2) is 8.52. The summed E-state index contributed by atoms with van der Waals surface area (Å²) >= 11 is 0. The monoisotopic (exact) mass is 254 g/mol. The molecule has 1 rings (SSSR count). The number of hydrogen-bond acceptors (Lipinski definition) is 2. The Balaban J connectivity index is 2.44. The van der Waals surface area contributed by atoms with Gasteiger partial charge < -0.3 is 10.2 Å². The summed E-state index contributed by atoms with van der Waals surface area (Å²) in [4.78, 5) is 14.5. The molecular weight excluding hydrogens is 224 g/mol. The van der Waals surface area contributed by atoms with Crippen molar-refractivity contribution in [2.45, 2.75) is 65.3 Å². The fraction of sp³-hybridized carbons (Fsp3) is 0.933. The average molecular weight is 254 g/mol. The van der Waals surface area contributed by atoms with Gasteiger partial charge in [-0.05, 0) is 31.7 Å². The van der Waals surface area contributed by atoms with E-state index >= 15 is 0 Å². The maximum atomic E-state index is 12.3. The van der Waals surface area contributed by atoms with Gasteiger partial charge in [-0.25, -0.2) is 0 Å². The Morgan fingerprint density at radius 3 is 2.56 bits per heavy atom. The highest BCUT2D eigenvalue weighted by Gasteiger charge is 2.25. The fourth-order valence-corrected chi connectivity index (χ4v) is 2.64. The first-order chi connectivity index (χ1) is 8.65. The summed E-state index contributed by atoms with van der Waals surface area (Å²) in [5.41, 5.74) is 0. The first-order valence-electron chi connectivity index (χ1n) is 7.65. The van der Waals surface area contributed by atoms with Crippen molar-refractivity contribution in [2.75, 3.05) is 19.6 Å². The van der Waals surface area contributed by atoms with Crippen LogP contribution in [0.4, 0.5) is 0 Å². The van der Waals surface area contributed by atoms with Crippen molar-refractivity contribution in [1.29, 1.82) is 0 Å². The van der Waals surface area contributed by atoms with E-state index in [1.165, 1.54) is 25.7 Å². The van der Waals surface area contributed by atoms with E-state index in [0.717, 1.165) is 26.1 Å². The maximum Gasteiger partial charge on any atom is 0.224 e. The number of carbonyl (C=O) groups is 1. The summed E-state index contributed by atoms with van der Waals surface area (Å²) in [6.07, 6.45) is 6.80. The van der Waals surface area contributed by atoms with Gasteiger partial charge in [-0.3, -0.25) is 4.79 Å². The second-order valence-electron chi connectivity index (χ2n) is 5.81. The smallest absolute Gasteiger partial charge is 0.224 e. The zero-order chi connectivity index (χ0) is 13.4. The lowest BCUT2D eigenvalue weighted by Gasteiger charge is -2.30. The molecule has 0 aromatic heterocycles. The zero-order valence-electron chi connectivity index (χ0n) is 12.4. The third-order valence-corrected chi connectivity index (χ3v) is 3.80. The fourth-order valence-electron chi connectivity index (χ4n) is 2.64. The molecule has 1 fully saturated rings. The van der Waals surface area contributed by atoms with Gasteiger partial charge in [0.15, 0.2) is 0 Å². The Hall–Kier alpha value is -0.570. The van der Waals surface area contributed by atoms with Crippen LogP contribution in [-0.2, 0) is 4.79 Å². The molecule has 0 unspecified atom stereocenters. The molecule has 0 aromatic carbocycles. The highest BCUT2D eigenvalue weighted by atomic mass is 16.2. The third-order valence-electron chi connectivity index (χ3n) is 3.80. The van der Waals surface area contributed by atoms with Crippen LogP contribution in [0.2, 0.25) is 0 Å². The first-order valence-corrected chi connectivity index (χ1v) is 7.65. The maximum absolute atomic E-state index is 12.3. The van der Waals surface area contributed by atoms with Crippen LogP contribution in [0.25, 0.3) is 0 Å². The van der Waals surface area contributed by atoms with E-state index in [1.54, 1.807) is 0 Å². The summed E-state index contributed by atoms with van der Waals surface area (Å²) in [5.74, 6) is 1.03. The van der Waals surface area contributed by atoms with Crippen molar-refractivity contribution in [3.05, 3.63) is 0 Å². The molecule has 1 amide bonds. The summed E-state index contributed by atoms with van der Waals surface area (Å²) in [6.45, 7) is 9.26. The van der Waals surface area contributed by atoms with Crippen molar-refractivity contribution in [1.82, 2.24) is 10.2 Å². The third kappa shape index (κ3) is 5.38. The minimum Gasteiger partial charge on any atom is -0.340 e. The molecule has 1 N–H and O–H groups in total. The van der Waals surface area contributed by atoms with Gasteiger partial charge in [-0.15, -0.1) is 0 Å². The van der Waals surface area contributed by atoms with Gasteiger partial charge >= 0.3 is 0 Å². The summed E-state index contributed by atoms with van der Waals surface area (Å²) < 4.78 is 0. The van der Waals surface area contributed by atoms with Crippen molar-refractivity contribution in [3.63, 3.8) is 0 Å². The highest BCUT2D eigenvalue weighted by Crippen LogP contribution is 2.24. The quantitative estimate of drug-likeness (QED) is 0.676. The molecule has 0 spiro atoms. The van der Waals surface area contributed by atoms with E-state index in [-0.39, 0.29) is 0 Å². The number of nitrogens with one attached hydrogen (secondary N) is 1. The summed E-state index contributed by atoms with van der Waals surface area (Å²) in [7, 11) is 0. The molecule has 0 aliphatic heterocycles. The molecule has 0 aromatic rings. The number of amides is 1. The van der Waals surface area contributed by atoms with E-state index in [2.05, 4.69) is 31.0 Å². The molecule has 0 radical (unpaired) electrons. The van der Waals surface area contributed by atoms with Gasteiger partial charge in [0, 0.05) is 25.6 Å². The molecular formula is C15H30N2O. The van der Waals surface area contributed by atoms with Gasteiger partial charge in [0.05, 0.1) is 0 Å². The van der Waals surface area contributed by atoms with E-state index in [9.17, 15) is 4.79 Å². The molecule has 106 valence electrons. The van der Waals surface area contributed by atoms with Gasteiger partial charge in [0.1, 0.15) is 0 Å². The molecule has 0 heterocycles. The Morgan fingerprint density at radius 1 is 1.33 bits per heavy atom. The molecule has 3 heteroatoms. The van der Waals surface area contributed by atoms with Gasteiger partial charge in [0.25, 0.3) is 0 Å². The number of hydrogen-bond donors (Lipinski definition) is 1. The van der Waals surface area contributed by atoms with E-state index in [4.69, 9.17) is 0 Å². The standard InChI is InChI=1S/C15H30N2O/c1-4-16-11-9-15(18)17(12-10-13(2)3)14-7-5-6-8-14/h13-14,16H,4-12H2,1-3H3. The Labute approximate surface area is 112 Å². The molecule has 3 nitrogen and oxygen atoms in total. The molecule has 1 aliphatic rings. The summed E-state index contributed by atoms with van der Waals surface area (Å²) in [6, 6.07) is 0.526. The normalized spacial score (nSPS) is 16.4. The molecule has 1 saturated carbocycles. The van der Waals surface area contributed by atoms with Gasteiger partial charge in [0.2, 0.25) is 5.91 Å². The van der Waals surface area contributed by atoms with Crippen molar-refractivity contribution in [2.24, 2.45) is 5.92 Å². The lowest BCUT2D eigenvalue weighted by molar-refractivity contribution is -0.133. The van der Waals surface area contributed by atoms with E-state index < -0.39 is 0 Å². The first kappa shape index (κ1) is 15.5. The molecule has 0 saturated heterocycles. The Morgan fingerprint density at radius 2 is 2.00 bits per heavy atom. The van der Waals surface area contributed by atoms with Crippen LogP contribution in [0.1, 0.15) is 59.3 Å². The van der Waals surface area contributed by atoms with Crippen molar-refractivity contribution >= 4 is 5.91 Å². The minimum absolute atomic E-state index is 0.350. The largest absolute Gasteiger partial charge is 0.340 e. The van der Waals surface area contributed by atoms with Gasteiger partial charge in [-0.2, -0.15) is 0 Å². The second-order valence-corrected chi connectivity index (χ2v) is 5.81.